The first-order valence-electron chi connectivity index (χ1n) is 9.98. The van der Waals surface area contributed by atoms with Gasteiger partial charge in [-0.1, -0.05) is 18.2 Å². The number of piperidine rings is 1. The first kappa shape index (κ1) is 18.4. The Balaban J connectivity index is 1.48. The number of carbonyl (C=O) groups is 2. The molecule has 2 amide bonds. The second-order valence-corrected chi connectivity index (χ2v) is 8.47. The van der Waals surface area contributed by atoms with Gasteiger partial charge < -0.3 is 14.4 Å². The van der Waals surface area contributed by atoms with Crippen molar-refractivity contribution in [3.63, 3.8) is 0 Å². The van der Waals surface area contributed by atoms with E-state index in [2.05, 4.69) is 22.9 Å². The predicted octanol–water partition coefficient (Wildman–Crippen LogP) is 3.37. The highest BCUT2D eigenvalue weighted by atomic mass is 32.2. The van der Waals surface area contributed by atoms with Crippen molar-refractivity contribution in [2.75, 3.05) is 31.9 Å². The SMILES string of the molecule is O=C(CSc1cn(CC(=O)N2CCCCC2)c2ccccc12)N1CCCC1. The number of hydrogen-bond acceptors (Lipinski definition) is 3. The number of hydrogen-bond donors (Lipinski definition) is 0. The minimum absolute atomic E-state index is 0.195. The van der Waals surface area contributed by atoms with E-state index in [1.54, 1.807) is 11.8 Å². The maximum absolute atomic E-state index is 12.7. The molecule has 1 aromatic heterocycles. The van der Waals surface area contributed by atoms with Gasteiger partial charge in [-0.05, 0) is 38.2 Å². The van der Waals surface area contributed by atoms with Crippen LogP contribution in [0.15, 0.2) is 35.4 Å². The van der Waals surface area contributed by atoms with Crippen LogP contribution >= 0.6 is 11.8 Å². The average molecular weight is 386 g/mol. The summed E-state index contributed by atoms with van der Waals surface area (Å²) < 4.78 is 2.05. The van der Waals surface area contributed by atoms with Crippen LogP contribution in [0.5, 0.6) is 0 Å². The molecule has 2 aliphatic rings. The number of nitrogens with zero attached hydrogens (tertiary/aromatic N) is 3. The Morgan fingerprint density at radius 1 is 0.852 bits per heavy atom. The lowest BCUT2D eigenvalue weighted by atomic mass is 10.1. The molecule has 4 rings (SSSR count). The fourth-order valence-corrected chi connectivity index (χ4v) is 5.04. The zero-order chi connectivity index (χ0) is 18.6. The standard InChI is InChI=1S/C21H27N3O2S/c25-20(22-10-4-1-5-11-22)15-24-14-19(17-8-2-3-9-18(17)24)27-16-21(26)23-12-6-7-13-23/h2-3,8-9,14H,1,4-7,10-13,15-16H2. The Labute approximate surface area is 164 Å². The van der Waals surface area contributed by atoms with Gasteiger partial charge in [-0.15, -0.1) is 11.8 Å². The number of para-hydroxylation sites is 1. The lowest BCUT2D eigenvalue weighted by Gasteiger charge is -2.27. The van der Waals surface area contributed by atoms with Crippen LogP contribution in [-0.4, -0.2) is 58.1 Å². The van der Waals surface area contributed by atoms with Gasteiger partial charge in [0.2, 0.25) is 11.8 Å². The van der Waals surface area contributed by atoms with Crippen LogP contribution in [0.4, 0.5) is 0 Å². The Kier molecular flexibility index (Phi) is 5.72. The summed E-state index contributed by atoms with van der Waals surface area (Å²) in [5.74, 6) is 0.882. The van der Waals surface area contributed by atoms with Crippen molar-refractivity contribution in [2.45, 2.75) is 43.5 Å². The van der Waals surface area contributed by atoms with Gasteiger partial charge in [-0.2, -0.15) is 0 Å². The van der Waals surface area contributed by atoms with Gasteiger partial charge in [-0.3, -0.25) is 9.59 Å². The maximum Gasteiger partial charge on any atom is 0.242 e. The summed E-state index contributed by atoms with van der Waals surface area (Å²) in [6.45, 7) is 3.92. The van der Waals surface area contributed by atoms with Crippen LogP contribution in [0.25, 0.3) is 10.9 Å². The third-order valence-corrected chi connectivity index (χ3v) is 6.60. The van der Waals surface area contributed by atoms with Gasteiger partial charge in [0.15, 0.2) is 0 Å². The quantitative estimate of drug-likeness (QED) is 0.742. The lowest BCUT2D eigenvalue weighted by molar-refractivity contribution is -0.132. The van der Waals surface area contributed by atoms with Crippen LogP contribution in [0.2, 0.25) is 0 Å². The molecule has 0 saturated carbocycles. The predicted molar refractivity (Wildman–Crippen MR) is 109 cm³/mol. The molecule has 0 radical (unpaired) electrons. The van der Waals surface area contributed by atoms with E-state index in [0.29, 0.717) is 12.3 Å². The number of thioether (sulfide) groups is 1. The first-order valence-corrected chi connectivity index (χ1v) is 11.0. The van der Waals surface area contributed by atoms with Crippen LogP contribution in [0.3, 0.4) is 0 Å². The van der Waals surface area contributed by atoms with Crippen molar-refractivity contribution in [1.82, 2.24) is 14.4 Å². The zero-order valence-electron chi connectivity index (χ0n) is 15.7. The molecule has 144 valence electrons. The number of likely N-dealkylation sites (tertiary alicyclic amines) is 2. The van der Waals surface area contributed by atoms with Crippen molar-refractivity contribution in [3.8, 4) is 0 Å². The molecule has 2 aliphatic heterocycles. The maximum atomic E-state index is 12.7. The van der Waals surface area contributed by atoms with Crippen LogP contribution in [0.1, 0.15) is 32.1 Å². The summed E-state index contributed by atoms with van der Waals surface area (Å²) in [6, 6.07) is 8.17. The highest BCUT2D eigenvalue weighted by Crippen LogP contribution is 2.30. The summed E-state index contributed by atoms with van der Waals surface area (Å²) in [7, 11) is 0. The largest absolute Gasteiger partial charge is 0.342 e. The van der Waals surface area contributed by atoms with Gasteiger partial charge in [0.05, 0.1) is 5.75 Å². The molecule has 2 aromatic rings. The molecule has 2 fully saturated rings. The van der Waals surface area contributed by atoms with Crippen molar-refractivity contribution < 1.29 is 9.59 Å². The summed E-state index contributed by atoms with van der Waals surface area (Å²) in [5.41, 5.74) is 1.07. The molecule has 0 bridgehead atoms. The van der Waals surface area contributed by atoms with E-state index in [0.717, 1.165) is 67.7 Å². The summed E-state index contributed by atoms with van der Waals surface area (Å²) in [6.07, 6.45) is 7.73. The number of benzene rings is 1. The molecule has 2 saturated heterocycles. The second kappa shape index (κ2) is 8.38. The van der Waals surface area contributed by atoms with Gasteiger partial charge in [0.25, 0.3) is 0 Å². The minimum atomic E-state index is 0.195. The van der Waals surface area contributed by atoms with Gasteiger partial charge in [-0.25, -0.2) is 0 Å². The molecule has 3 heterocycles. The van der Waals surface area contributed by atoms with E-state index in [1.165, 1.54) is 6.42 Å². The van der Waals surface area contributed by atoms with Crippen LogP contribution < -0.4 is 0 Å². The second-order valence-electron chi connectivity index (χ2n) is 7.46. The summed E-state index contributed by atoms with van der Waals surface area (Å²) in [4.78, 5) is 30.1. The normalized spacial score (nSPS) is 17.6. The van der Waals surface area contributed by atoms with Gasteiger partial charge in [0, 0.05) is 48.2 Å². The number of rotatable bonds is 5. The van der Waals surface area contributed by atoms with Crippen molar-refractivity contribution >= 4 is 34.5 Å². The number of carbonyl (C=O) groups excluding carboxylic acids is 2. The van der Waals surface area contributed by atoms with E-state index in [9.17, 15) is 9.59 Å². The van der Waals surface area contributed by atoms with E-state index < -0.39 is 0 Å². The molecule has 27 heavy (non-hydrogen) atoms. The molecule has 1 aromatic carbocycles. The first-order chi connectivity index (χ1) is 13.2. The highest BCUT2D eigenvalue weighted by molar-refractivity contribution is 8.00. The molecule has 6 heteroatoms. The summed E-state index contributed by atoms with van der Waals surface area (Å²) in [5, 5.41) is 1.13. The fraction of sp³-hybridized carbons (Fsp3) is 0.524. The monoisotopic (exact) mass is 385 g/mol. The molecule has 0 spiro atoms. The van der Waals surface area contributed by atoms with E-state index in [4.69, 9.17) is 0 Å². The van der Waals surface area contributed by atoms with Crippen molar-refractivity contribution in [2.24, 2.45) is 0 Å². The molecule has 5 nitrogen and oxygen atoms in total. The number of aromatic nitrogens is 1. The lowest BCUT2D eigenvalue weighted by Crippen LogP contribution is -2.37. The van der Waals surface area contributed by atoms with Crippen molar-refractivity contribution in [1.29, 1.82) is 0 Å². The molecular weight excluding hydrogens is 358 g/mol. The van der Waals surface area contributed by atoms with Crippen molar-refractivity contribution in [3.05, 3.63) is 30.5 Å². The van der Waals surface area contributed by atoms with Crippen LogP contribution in [0, 0.1) is 0 Å². The molecule has 0 atom stereocenters. The van der Waals surface area contributed by atoms with Gasteiger partial charge >= 0.3 is 0 Å². The fourth-order valence-electron chi connectivity index (χ4n) is 4.05. The number of amides is 2. The Bertz CT molecular complexity index is 820. The smallest absolute Gasteiger partial charge is 0.242 e. The zero-order valence-corrected chi connectivity index (χ0v) is 16.5. The van der Waals surface area contributed by atoms with Crippen LogP contribution in [-0.2, 0) is 16.1 Å². The molecule has 0 unspecified atom stereocenters. The summed E-state index contributed by atoms with van der Waals surface area (Å²) >= 11 is 1.59. The van der Waals surface area contributed by atoms with E-state index in [-0.39, 0.29) is 11.8 Å². The third kappa shape index (κ3) is 4.15. The third-order valence-electron chi connectivity index (χ3n) is 5.58. The van der Waals surface area contributed by atoms with Gasteiger partial charge in [0.1, 0.15) is 6.54 Å². The molecule has 0 N–H and O–H groups in total. The number of fused-ring (bicyclic) bond motifs is 1. The molecule has 0 aliphatic carbocycles. The minimum Gasteiger partial charge on any atom is -0.342 e. The topological polar surface area (TPSA) is 45.6 Å². The Morgan fingerprint density at radius 2 is 1.48 bits per heavy atom. The molecular formula is C21H27N3O2S. The Hall–Kier alpha value is -1.95. The van der Waals surface area contributed by atoms with E-state index in [1.807, 2.05) is 21.9 Å². The average Bonchev–Trinajstić information content (AvgIpc) is 3.36. The Morgan fingerprint density at radius 3 is 2.22 bits per heavy atom. The van der Waals surface area contributed by atoms with E-state index >= 15 is 0 Å². The highest BCUT2D eigenvalue weighted by Gasteiger charge is 2.20.